The van der Waals surface area contributed by atoms with Crippen molar-refractivity contribution in [1.29, 1.82) is 0 Å². The lowest BCUT2D eigenvalue weighted by molar-refractivity contribution is -0.125. The molecule has 0 bridgehead atoms. The van der Waals surface area contributed by atoms with Gasteiger partial charge in [0.1, 0.15) is 12.1 Å². The van der Waals surface area contributed by atoms with Gasteiger partial charge in [0.25, 0.3) is 0 Å². The SMILES string of the molecule is C=CC(=O)N1CC[C@@H](n2nc(C)c3c(N)ncnc32)C1. The van der Waals surface area contributed by atoms with E-state index in [1.807, 2.05) is 11.6 Å². The molecule has 0 unspecified atom stereocenters. The lowest BCUT2D eigenvalue weighted by atomic mass is 10.2. The van der Waals surface area contributed by atoms with Crippen LogP contribution in [0.5, 0.6) is 0 Å². The predicted molar refractivity (Wildman–Crippen MR) is 74.9 cm³/mol. The number of likely N-dealkylation sites (tertiary alicyclic amines) is 1. The summed E-state index contributed by atoms with van der Waals surface area (Å²) in [6.45, 7) is 6.73. The van der Waals surface area contributed by atoms with E-state index >= 15 is 0 Å². The fourth-order valence-corrected chi connectivity index (χ4v) is 2.69. The van der Waals surface area contributed by atoms with Gasteiger partial charge in [0.2, 0.25) is 5.91 Å². The molecule has 1 saturated heterocycles. The van der Waals surface area contributed by atoms with Crippen molar-refractivity contribution in [2.45, 2.75) is 19.4 Å². The molecule has 1 aliphatic rings. The zero-order valence-corrected chi connectivity index (χ0v) is 11.3. The van der Waals surface area contributed by atoms with Crippen molar-refractivity contribution in [3.8, 4) is 0 Å². The molecule has 0 spiro atoms. The Labute approximate surface area is 116 Å². The van der Waals surface area contributed by atoms with Crippen molar-refractivity contribution >= 4 is 22.8 Å². The van der Waals surface area contributed by atoms with E-state index in [9.17, 15) is 4.79 Å². The van der Waals surface area contributed by atoms with E-state index in [4.69, 9.17) is 5.73 Å². The van der Waals surface area contributed by atoms with Crippen LogP contribution in [0.15, 0.2) is 19.0 Å². The molecule has 7 nitrogen and oxygen atoms in total. The number of nitrogens with zero attached hydrogens (tertiary/aromatic N) is 5. The third kappa shape index (κ3) is 1.82. The van der Waals surface area contributed by atoms with Crippen LogP contribution in [0.25, 0.3) is 11.0 Å². The molecule has 1 atom stereocenters. The van der Waals surface area contributed by atoms with Crippen LogP contribution < -0.4 is 5.73 Å². The highest BCUT2D eigenvalue weighted by atomic mass is 16.2. The van der Waals surface area contributed by atoms with E-state index < -0.39 is 0 Å². The summed E-state index contributed by atoms with van der Waals surface area (Å²) < 4.78 is 1.86. The molecule has 1 fully saturated rings. The quantitative estimate of drug-likeness (QED) is 0.812. The van der Waals surface area contributed by atoms with Crippen LogP contribution in [0.2, 0.25) is 0 Å². The number of carbonyl (C=O) groups is 1. The van der Waals surface area contributed by atoms with Gasteiger partial charge < -0.3 is 10.6 Å². The molecular formula is C13H16N6O. The Hall–Kier alpha value is -2.44. The number of amides is 1. The molecule has 1 amide bonds. The van der Waals surface area contributed by atoms with Crippen LogP contribution >= 0.6 is 0 Å². The maximum atomic E-state index is 11.6. The Morgan fingerprint density at radius 1 is 1.55 bits per heavy atom. The summed E-state index contributed by atoms with van der Waals surface area (Å²) in [5, 5.41) is 5.32. The van der Waals surface area contributed by atoms with E-state index in [1.54, 1.807) is 4.90 Å². The second kappa shape index (κ2) is 4.59. The Bertz CT molecular complexity index is 691. The van der Waals surface area contributed by atoms with E-state index in [-0.39, 0.29) is 11.9 Å². The van der Waals surface area contributed by atoms with E-state index in [1.165, 1.54) is 12.4 Å². The van der Waals surface area contributed by atoms with Gasteiger partial charge in [-0.3, -0.25) is 4.79 Å². The number of rotatable bonds is 2. The second-order valence-corrected chi connectivity index (χ2v) is 4.92. The van der Waals surface area contributed by atoms with Crippen LogP contribution in [0, 0.1) is 6.92 Å². The smallest absolute Gasteiger partial charge is 0.246 e. The normalized spacial score (nSPS) is 18.6. The first-order chi connectivity index (χ1) is 9.61. The average molecular weight is 272 g/mol. The maximum Gasteiger partial charge on any atom is 0.246 e. The number of anilines is 1. The highest BCUT2D eigenvalue weighted by molar-refractivity contribution is 5.88. The summed E-state index contributed by atoms with van der Waals surface area (Å²) in [5.74, 6) is 0.394. The van der Waals surface area contributed by atoms with E-state index in [0.29, 0.717) is 18.9 Å². The largest absolute Gasteiger partial charge is 0.383 e. The van der Waals surface area contributed by atoms with Crippen LogP contribution in [0.1, 0.15) is 18.2 Å². The first-order valence-corrected chi connectivity index (χ1v) is 6.48. The molecule has 0 saturated carbocycles. The molecular weight excluding hydrogens is 256 g/mol. The first-order valence-electron chi connectivity index (χ1n) is 6.48. The number of carbonyl (C=O) groups excluding carboxylic acids is 1. The molecule has 7 heteroatoms. The number of hydrogen-bond acceptors (Lipinski definition) is 5. The summed E-state index contributed by atoms with van der Waals surface area (Å²) in [6.07, 6.45) is 3.63. The molecule has 2 aromatic rings. The zero-order valence-electron chi connectivity index (χ0n) is 11.3. The topological polar surface area (TPSA) is 89.9 Å². The van der Waals surface area contributed by atoms with Gasteiger partial charge >= 0.3 is 0 Å². The van der Waals surface area contributed by atoms with Gasteiger partial charge in [-0.1, -0.05) is 6.58 Å². The Balaban J connectivity index is 1.98. The van der Waals surface area contributed by atoms with Crippen molar-refractivity contribution in [2.24, 2.45) is 0 Å². The highest BCUT2D eigenvalue weighted by Gasteiger charge is 2.28. The Morgan fingerprint density at radius 2 is 2.35 bits per heavy atom. The molecule has 1 aliphatic heterocycles. The molecule has 0 aliphatic carbocycles. The average Bonchev–Trinajstić information content (AvgIpc) is 3.04. The predicted octanol–water partition coefficient (Wildman–Crippen LogP) is 0.676. The van der Waals surface area contributed by atoms with Gasteiger partial charge in [0.05, 0.1) is 17.1 Å². The number of hydrogen-bond donors (Lipinski definition) is 1. The monoisotopic (exact) mass is 272 g/mol. The number of fused-ring (bicyclic) bond motifs is 1. The molecule has 20 heavy (non-hydrogen) atoms. The third-order valence-electron chi connectivity index (χ3n) is 3.69. The molecule has 0 radical (unpaired) electrons. The van der Waals surface area contributed by atoms with Gasteiger partial charge in [-0.25, -0.2) is 14.6 Å². The van der Waals surface area contributed by atoms with Gasteiger partial charge in [-0.2, -0.15) is 5.10 Å². The van der Waals surface area contributed by atoms with Gasteiger partial charge in [-0.05, 0) is 19.4 Å². The van der Waals surface area contributed by atoms with Gasteiger partial charge in [-0.15, -0.1) is 0 Å². The van der Waals surface area contributed by atoms with Crippen molar-refractivity contribution in [3.63, 3.8) is 0 Å². The second-order valence-electron chi connectivity index (χ2n) is 4.92. The molecule has 3 heterocycles. The van der Waals surface area contributed by atoms with Crippen LogP contribution in [0.4, 0.5) is 5.82 Å². The van der Waals surface area contributed by atoms with Crippen LogP contribution in [-0.4, -0.2) is 43.6 Å². The minimum atomic E-state index is -0.0465. The Morgan fingerprint density at radius 3 is 3.10 bits per heavy atom. The number of aryl methyl sites for hydroxylation is 1. The first kappa shape index (κ1) is 12.6. The summed E-state index contributed by atoms with van der Waals surface area (Å²) in [6, 6.07) is 0.115. The summed E-state index contributed by atoms with van der Waals surface area (Å²) in [7, 11) is 0. The van der Waals surface area contributed by atoms with Crippen molar-refractivity contribution in [3.05, 3.63) is 24.7 Å². The van der Waals surface area contributed by atoms with Gasteiger partial charge in [0.15, 0.2) is 5.65 Å². The minimum Gasteiger partial charge on any atom is -0.383 e. The maximum absolute atomic E-state index is 11.6. The highest BCUT2D eigenvalue weighted by Crippen LogP contribution is 2.28. The molecule has 2 aromatic heterocycles. The van der Waals surface area contributed by atoms with E-state index in [2.05, 4.69) is 21.6 Å². The summed E-state index contributed by atoms with van der Waals surface area (Å²) >= 11 is 0. The molecule has 3 rings (SSSR count). The number of nitrogen functional groups attached to an aromatic ring is 1. The molecule has 2 N–H and O–H groups in total. The standard InChI is InChI=1S/C13H16N6O/c1-3-10(20)18-5-4-9(6-18)19-13-11(8(2)17-19)12(14)15-7-16-13/h3,7,9H,1,4-6H2,2H3,(H2,14,15,16)/t9-/m1/s1. The van der Waals surface area contributed by atoms with Crippen LogP contribution in [0.3, 0.4) is 0 Å². The van der Waals surface area contributed by atoms with Crippen molar-refractivity contribution in [2.75, 3.05) is 18.8 Å². The summed E-state index contributed by atoms with van der Waals surface area (Å²) in [5.41, 5.74) is 7.43. The van der Waals surface area contributed by atoms with E-state index in [0.717, 1.165) is 23.1 Å². The van der Waals surface area contributed by atoms with Crippen molar-refractivity contribution < 1.29 is 4.79 Å². The lowest BCUT2D eigenvalue weighted by Gasteiger charge is -2.14. The fraction of sp³-hybridized carbons (Fsp3) is 0.385. The minimum absolute atomic E-state index is 0.0465. The van der Waals surface area contributed by atoms with Gasteiger partial charge in [0, 0.05) is 13.1 Å². The summed E-state index contributed by atoms with van der Waals surface area (Å²) in [4.78, 5) is 21.7. The van der Waals surface area contributed by atoms with Crippen LogP contribution in [-0.2, 0) is 4.79 Å². The Kier molecular flexibility index (Phi) is 2.89. The molecule has 0 aromatic carbocycles. The lowest BCUT2D eigenvalue weighted by Crippen LogP contribution is -2.27. The fourth-order valence-electron chi connectivity index (χ4n) is 2.69. The van der Waals surface area contributed by atoms with Crippen molar-refractivity contribution in [1.82, 2.24) is 24.6 Å². The zero-order chi connectivity index (χ0) is 14.3. The third-order valence-corrected chi connectivity index (χ3v) is 3.69. The number of aromatic nitrogens is 4. The number of nitrogens with two attached hydrogens (primary N) is 1. The molecule has 104 valence electrons.